The molecule has 0 amide bonds. The third-order valence-corrected chi connectivity index (χ3v) is 7.03. The maximum atomic E-state index is 12.5. The summed E-state index contributed by atoms with van der Waals surface area (Å²) in [6.45, 7) is 2.16. The molecule has 5 nitrogen and oxygen atoms in total. The van der Waals surface area contributed by atoms with E-state index < -0.39 is 0 Å². The number of methoxy groups -OCH3 is 2. The Labute approximate surface area is 175 Å². The number of carbonyl (C=O) groups is 2. The highest BCUT2D eigenvalue weighted by atomic mass is 16.5. The normalized spacial score (nSPS) is 27.4. The molecule has 2 fully saturated rings. The van der Waals surface area contributed by atoms with E-state index in [1.165, 1.54) is 13.5 Å². The summed E-state index contributed by atoms with van der Waals surface area (Å²) >= 11 is 0. The molecule has 29 heavy (non-hydrogen) atoms. The number of Topliss-reactive ketones (excluding diaryl/α,β-unsaturated/α-hetero) is 1. The Kier molecular flexibility index (Phi) is 9.57. The van der Waals surface area contributed by atoms with Crippen molar-refractivity contribution in [3.63, 3.8) is 0 Å². The van der Waals surface area contributed by atoms with E-state index in [1.54, 1.807) is 7.11 Å². The molecule has 2 saturated carbocycles. The molecular weight excluding hydrogens is 368 g/mol. The van der Waals surface area contributed by atoms with E-state index in [0.717, 1.165) is 32.1 Å². The lowest BCUT2D eigenvalue weighted by Gasteiger charge is -2.45. The van der Waals surface area contributed by atoms with Gasteiger partial charge in [0, 0.05) is 31.8 Å². The molecule has 5 heteroatoms. The monoisotopic (exact) mass is 406 g/mol. The van der Waals surface area contributed by atoms with E-state index in [2.05, 4.69) is 23.8 Å². The number of ether oxygens (including phenoxy) is 2. The molecule has 0 bridgehead atoms. The maximum Gasteiger partial charge on any atom is 0.305 e. The van der Waals surface area contributed by atoms with Crippen LogP contribution in [0.3, 0.4) is 0 Å². The Bertz CT molecular complexity index is 585. The number of hydrogen-bond donors (Lipinski definition) is 1. The van der Waals surface area contributed by atoms with Crippen molar-refractivity contribution in [2.24, 2.45) is 17.3 Å². The zero-order valence-electron chi connectivity index (χ0n) is 18.3. The van der Waals surface area contributed by atoms with Crippen LogP contribution in [0.4, 0.5) is 0 Å². The first-order valence-electron chi connectivity index (χ1n) is 11.1. The first-order valence-corrected chi connectivity index (χ1v) is 11.1. The van der Waals surface area contributed by atoms with Crippen molar-refractivity contribution < 1.29 is 24.2 Å². The third kappa shape index (κ3) is 6.26. The van der Waals surface area contributed by atoms with Crippen LogP contribution >= 0.6 is 0 Å². The summed E-state index contributed by atoms with van der Waals surface area (Å²) in [7, 11) is 3.07. The van der Waals surface area contributed by atoms with Crippen LogP contribution in [0.1, 0.15) is 71.1 Å². The standard InChI is InChI=1S/C24H38O5/c1-4-24(15-10-16-24)22(26)13-9-12-19-18(20(25)17-21(19)28-2)11-7-5-6-8-14-23(27)29-3/h5,7,9,12,18-19,21-22,26H,4,6,8,10-11,13-17H2,1-3H3/t18-,19-,21-,22?/m1/s1. The van der Waals surface area contributed by atoms with Crippen LogP contribution in [0.25, 0.3) is 0 Å². The predicted octanol–water partition coefficient (Wildman–Crippen LogP) is 4.38. The second-order valence-corrected chi connectivity index (χ2v) is 8.55. The van der Waals surface area contributed by atoms with Gasteiger partial charge in [-0.25, -0.2) is 0 Å². The molecule has 0 aliphatic heterocycles. The minimum absolute atomic E-state index is 0.0541. The second-order valence-electron chi connectivity index (χ2n) is 8.55. The lowest BCUT2D eigenvalue weighted by molar-refractivity contribution is -0.140. The molecule has 0 saturated heterocycles. The molecule has 0 aromatic carbocycles. The van der Waals surface area contributed by atoms with Crippen molar-refractivity contribution in [3.05, 3.63) is 24.3 Å². The fraction of sp³-hybridized carbons (Fsp3) is 0.750. The van der Waals surface area contributed by atoms with Gasteiger partial charge in [0.2, 0.25) is 0 Å². The molecule has 0 heterocycles. The zero-order valence-corrected chi connectivity index (χ0v) is 18.3. The van der Waals surface area contributed by atoms with Crippen molar-refractivity contribution in [2.45, 2.75) is 83.3 Å². The number of carbonyl (C=O) groups excluding carboxylic acids is 2. The van der Waals surface area contributed by atoms with Crippen LogP contribution in [0.2, 0.25) is 0 Å². The van der Waals surface area contributed by atoms with Crippen LogP contribution in [-0.2, 0) is 19.1 Å². The van der Waals surface area contributed by atoms with E-state index in [4.69, 9.17) is 4.74 Å². The topological polar surface area (TPSA) is 72.8 Å². The van der Waals surface area contributed by atoms with Crippen LogP contribution in [0, 0.1) is 17.3 Å². The average Bonchev–Trinajstić information content (AvgIpc) is 2.98. The van der Waals surface area contributed by atoms with Gasteiger partial charge in [-0.05, 0) is 50.4 Å². The van der Waals surface area contributed by atoms with Crippen molar-refractivity contribution in [1.29, 1.82) is 0 Å². The van der Waals surface area contributed by atoms with Gasteiger partial charge >= 0.3 is 5.97 Å². The highest BCUT2D eigenvalue weighted by Crippen LogP contribution is 2.47. The number of aliphatic hydroxyl groups is 1. The highest BCUT2D eigenvalue weighted by molar-refractivity contribution is 5.84. The minimum atomic E-state index is -0.302. The molecule has 2 rings (SSSR count). The van der Waals surface area contributed by atoms with Crippen LogP contribution in [0.15, 0.2) is 24.3 Å². The van der Waals surface area contributed by atoms with Gasteiger partial charge in [0.1, 0.15) is 5.78 Å². The molecule has 1 unspecified atom stereocenters. The summed E-state index contributed by atoms with van der Waals surface area (Å²) in [6.07, 6.45) is 16.1. The SMILES string of the molecule is CCC1(C(O)CC=C[C@H]2[C@H](OC)CC(=O)[C@@H]2CC=CCCCC(=O)OC)CCC1. The lowest BCUT2D eigenvalue weighted by atomic mass is 9.63. The molecule has 2 aliphatic rings. The van der Waals surface area contributed by atoms with Gasteiger partial charge < -0.3 is 14.6 Å². The molecule has 0 spiro atoms. The number of esters is 1. The quantitative estimate of drug-likeness (QED) is 0.296. The molecule has 0 aromatic rings. The van der Waals surface area contributed by atoms with Crippen molar-refractivity contribution >= 4 is 11.8 Å². The molecule has 0 aromatic heterocycles. The summed E-state index contributed by atoms with van der Waals surface area (Å²) in [5.74, 6) is 0.0363. The van der Waals surface area contributed by atoms with Crippen molar-refractivity contribution in [1.82, 2.24) is 0 Å². The van der Waals surface area contributed by atoms with E-state index in [1.807, 2.05) is 12.2 Å². The fourth-order valence-electron chi connectivity index (χ4n) is 4.74. The molecule has 1 N–H and O–H groups in total. The van der Waals surface area contributed by atoms with Crippen LogP contribution < -0.4 is 0 Å². The van der Waals surface area contributed by atoms with Gasteiger partial charge in [-0.15, -0.1) is 0 Å². The van der Waals surface area contributed by atoms with E-state index in [0.29, 0.717) is 25.7 Å². The summed E-state index contributed by atoms with van der Waals surface area (Å²) < 4.78 is 10.2. The fourth-order valence-corrected chi connectivity index (χ4v) is 4.74. The van der Waals surface area contributed by atoms with Gasteiger partial charge in [0.15, 0.2) is 0 Å². The minimum Gasteiger partial charge on any atom is -0.469 e. The molecule has 2 aliphatic carbocycles. The maximum absolute atomic E-state index is 12.5. The number of hydrogen-bond acceptors (Lipinski definition) is 5. The molecular formula is C24H38O5. The van der Waals surface area contributed by atoms with Gasteiger partial charge in [-0.3, -0.25) is 9.59 Å². The number of unbranched alkanes of at least 4 members (excludes halogenated alkanes) is 1. The smallest absolute Gasteiger partial charge is 0.305 e. The average molecular weight is 407 g/mol. The zero-order chi connectivity index (χ0) is 21.3. The predicted molar refractivity (Wildman–Crippen MR) is 113 cm³/mol. The van der Waals surface area contributed by atoms with E-state index >= 15 is 0 Å². The second kappa shape index (κ2) is 11.7. The van der Waals surface area contributed by atoms with E-state index in [-0.39, 0.29) is 41.2 Å². The Morgan fingerprint density at radius 1 is 1.28 bits per heavy atom. The third-order valence-electron chi connectivity index (χ3n) is 7.03. The van der Waals surface area contributed by atoms with Crippen LogP contribution in [-0.4, -0.2) is 43.3 Å². The van der Waals surface area contributed by atoms with Crippen molar-refractivity contribution in [2.75, 3.05) is 14.2 Å². The first-order chi connectivity index (χ1) is 14.0. The summed E-state index contributed by atoms with van der Waals surface area (Å²) in [5.41, 5.74) is 0.100. The number of allylic oxidation sites excluding steroid dienone is 2. The molecule has 164 valence electrons. The van der Waals surface area contributed by atoms with Crippen LogP contribution in [0.5, 0.6) is 0 Å². The Morgan fingerprint density at radius 3 is 2.62 bits per heavy atom. The number of ketones is 1. The molecule has 4 atom stereocenters. The summed E-state index contributed by atoms with van der Waals surface area (Å²) in [4.78, 5) is 23.6. The summed E-state index contributed by atoms with van der Waals surface area (Å²) in [6, 6.07) is 0. The Balaban J connectivity index is 1.87. The van der Waals surface area contributed by atoms with Gasteiger partial charge in [0.25, 0.3) is 0 Å². The van der Waals surface area contributed by atoms with Gasteiger partial charge in [-0.2, -0.15) is 0 Å². The summed E-state index contributed by atoms with van der Waals surface area (Å²) in [5, 5.41) is 10.6. The van der Waals surface area contributed by atoms with Crippen molar-refractivity contribution in [3.8, 4) is 0 Å². The Hall–Kier alpha value is -1.46. The van der Waals surface area contributed by atoms with Gasteiger partial charge in [0.05, 0.1) is 19.3 Å². The highest BCUT2D eigenvalue weighted by Gasteiger charge is 2.42. The number of aliphatic hydroxyl groups excluding tert-OH is 1. The lowest BCUT2D eigenvalue weighted by Crippen LogP contribution is -2.40. The Morgan fingerprint density at radius 2 is 2.03 bits per heavy atom. The number of rotatable bonds is 12. The largest absolute Gasteiger partial charge is 0.469 e. The first kappa shape index (κ1) is 23.8. The van der Waals surface area contributed by atoms with Gasteiger partial charge in [-0.1, -0.05) is 37.6 Å². The molecule has 0 radical (unpaired) electrons. The van der Waals surface area contributed by atoms with E-state index in [9.17, 15) is 14.7 Å².